The zero-order valence-electron chi connectivity index (χ0n) is 16.2. The molecular weight excluding hydrogens is 368 g/mol. The molecule has 0 radical (unpaired) electrons. The number of rotatable bonds is 9. The number of carbonyl (C=O) groups excluding carboxylic acids is 2. The van der Waals surface area contributed by atoms with Crippen molar-refractivity contribution in [3.8, 4) is 5.75 Å². The first-order chi connectivity index (χ1) is 13.5. The average molecular weight is 394 g/mol. The monoisotopic (exact) mass is 394 g/mol. The highest BCUT2D eigenvalue weighted by molar-refractivity contribution is 5.97. The number of amides is 2. The van der Waals surface area contributed by atoms with Gasteiger partial charge in [-0.1, -0.05) is 0 Å². The molecule has 2 amide bonds. The Kier molecular flexibility index (Phi) is 8.15. The number of methoxy groups -OCH3 is 2. The first-order valence-electron chi connectivity index (χ1n) is 9.06. The molecule has 1 N–H and O–H groups in total. The molecule has 1 aliphatic heterocycles. The summed E-state index contributed by atoms with van der Waals surface area (Å²) >= 11 is 0. The van der Waals surface area contributed by atoms with Crippen LogP contribution in [-0.2, 0) is 9.53 Å². The van der Waals surface area contributed by atoms with Gasteiger partial charge in [-0.15, -0.1) is 0 Å². The molecule has 154 valence electrons. The molecule has 0 atom stereocenters. The molecule has 0 unspecified atom stereocenters. The van der Waals surface area contributed by atoms with Gasteiger partial charge in [0.1, 0.15) is 5.75 Å². The summed E-state index contributed by atoms with van der Waals surface area (Å²) in [7, 11) is 3.03. The van der Waals surface area contributed by atoms with E-state index in [1.807, 2.05) is 4.90 Å². The lowest BCUT2D eigenvalue weighted by atomic mass is 10.1. The van der Waals surface area contributed by atoms with Gasteiger partial charge in [-0.05, 0) is 12.5 Å². The standard InChI is InChI=1S/C18H26N4O6/c1-27-11-3-6-19-17(23)13-20-7-9-21(10-8-20)18(24)15-12-14(22(25)26)4-5-16(15)28-2/h4-5,12H,3,6-11,13H2,1-2H3,(H,19,23). The molecule has 0 bridgehead atoms. The lowest BCUT2D eigenvalue weighted by molar-refractivity contribution is -0.384. The molecule has 1 saturated heterocycles. The van der Waals surface area contributed by atoms with Crippen molar-refractivity contribution >= 4 is 17.5 Å². The lowest BCUT2D eigenvalue weighted by Crippen LogP contribution is -2.51. The van der Waals surface area contributed by atoms with Crippen molar-refractivity contribution in [1.29, 1.82) is 0 Å². The van der Waals surface area contributed by atoms with Gasteiger partial charge in [0.05, 0.1) is 24.1 Å². The summed E-state index contributed by atoms with van der Waals surface area (Å²) in [5.74, 6) is -0.0751. The Hall–Kier alpha value is -2.72. The van der Waals surface area contributed by atoms with Crippen LogP contribution >= 0.6 is 0 Å². The third-order valence-corrected chi connectivity index (χ3v) is 4.50. The Labute approximate surface area is 163 Å². The third-order valence-electron chi connectivity index (χ3n) is 4.50. The number of hydrogen-bond donors (Lipinski definition) is 1. The van der Waals surface area contributed by atoms with E-state index in [1.165, 1.54) is 25.3 Å². The van der Waals surface area contributed by atoms with Gasteiger partial charge < -0.3 is 19.7 Å². The van der Waals surface area contributed by atoms with Crippen molar-refractivity contribution in [1.82, 2.24) is 15.1 Å². The molecule has 2 rings (SSSR count). The van der Waals surface area contributed by atoms with E-state index in [-0.39, 0.29) is 29.6 Å². The molecule has 1 heterocycles. The van der Waals surface area contributed by atoms with Gasteiger partial charge in [0.15, 0.2) is 0 Å². The van der Waals surface area contributed by atoms with Gasteiger partial charge >= 0.3 is 0 Å². The molecule has 1 aromatic rings. The van der Waals surface area contributed by atoms with Crippen molar-refractivity contribution in [2.45, 2.75) is 6.42 Å². The van der Waals surface area contributed by atoms with E-state index in [9.17, 15) is 19.7 Å². The second-order valence-corrected chi connectivity index (χ2v) is 6.41. The van der Waals surface area contributed by atoms with Crippen LogP contribution in [0.5, 0.6) is 5.75 Å². The maximum Gasteiger partial charge on any atom is 0.270 e. The summed E-state index contributed by atoms with van der Waals surface area (Å²) in [6.07, 6.45) is 0.759. The van der Waals surface area contributed by atoms with Gasteiger partial charge in [0, 0.05) is 58.6 Å². The Balaban J connectivity index is 1.89. The second kappa shape index (κ2) is 10.6. The number of carbonyl (C=O) groups is 2. The topological polar surface area (TPSA) is 114 Å². The van der Waals surface area contributed by atoms with Crippen LogP contribution in [0.25, 0.3) is 0 Å². The third kappa shape index (κ3) is 5.89. The molecule has 10 heteroatoms. The number of benzene rings is 1. The lowest BCUT2D eigenvalue weighted by Gasteiger charge is -2.34. The highest BCUT2D eigenvalue weighted by atomic mass is 16.6. The van der Waals surface area contributed by atoms with E-state index in [1.54, 1.807) is 12.0 Å². The summed E-state index contributed by atoms with van der Waals surface area (Å²) in [6.45, 7) is 3.40. The van der Waals surface area contributed by atoms with Gasteiger partial charge in [0.2, 0.25) is 5.91 Å². The summed E-state index contributed by atoms with van der Waals surface area (Å²) in [5, 5.41) is 13.8. The number of piperazine rings is 1. The van der Waals surface area contributed by atoms with Crippen molar-refractivity contribution in [2.75, 3.05) is 60.1 Å². The normalized spacial score (nSPS) is 14.6. The van der Waals surface area contributed by atoms with Gasteiger partial charge in [-0.2, -0.15) is 0 Å². The summed E-state index contributed by atoms with van der Waals surface area (Å²) in [6, 6.07) is 3.97. The largest absolute Gasteiger partial charge is 0.496 e. The van der Waals surface area contributed by atoms with Gasteiger partial charge in [0.25, 0.3) is 11.6 Å². The number of nitro groups is 1. The predicted octanol–water partition coefficient (Wildman–Crippen LogP) is 0.514. The van der Waals surface area contributed by atoms with Crippen LogP contribution in [0.3, 0.4) is 0 Å². The van der Waals surface area contributed by atoms with Crippen LogP contribution < -0.4 is 10.1 Å². The number of nitro benzene ring substituents is 1. The van der Waals surface area contributed by atoms with Gasteiger partial charge in [-0.3, -0.25) is 24.6 Å². The van der Waals surface area contributed by atoms with E-state index in [4.69, 9.17) is 9.47 Å². The fraction of sp³-hybridized carbons (Fsp3) is 0.556. The maximum atomic E-state index is 12.8. The number of non-ortho nitro benzene ring substituents is 1. The van der Waals surface area contributed by atoms with Crippen LogP contribution in [0.1, 0.15) is 16.8 Å². The highest BCUT2D eigenvalue weighted by Gasteiger charge is 2.26. The molecule has 0 spiro atoms. The maximum absolute atomic E-state index is 12.8. The smallest absolute Gasteiger partial charge is 0.270 e. The Morgan fingerprint density at radius 2 is 1.93 bits per heavy atom. The van der Waals surface area contributed by atoms with E-state index in [0.717, 1.165) is 6.42 Å². The van der Waals surface area contributed by atoms with Crippen molar-refractivity contribution in [3.63, 3.8) is 0 Å². The highest BCUT2D eigenvalue weighted by Crippen LogP contribution is 2.25. The Morgan fingerprint density at radius 3 is 2.54 bits per heavy atom. The zero-order valence-corrected chi connectivity index (χ0v) is 16.2. The van der Waals surface area contributed by atoms with E-state index in [0.29, 0.717) is 45.1 Å². The van der Waals surface area contributed by atoms with E-state index < -0.39 is 4.92 Å². The SMILES string of the molecule is COCCCNC(=O)CN1CCN(C(=O)c2cc([N+](=O)[O-])ccc2OC)CC1. The van der Waals surface area contributed by atoms with Crippen LogP contribution in [-0.4, -0.2) is 86.6 Å². The minimum absolute atomic E-state index is 0.0590. The molecule has 0 aliphatic carbocycles. The first-order valence-corrected chi connectivity index (χ1v) is 9.06. The molecule has 0 aromatic heterocycles. The fourth-order valence-electron chi connectivity index (χ4n) is 2.96. The van der Waals surface area contributed by atoms with Crippen LogP contribution in [0.2, 0.25) is 0 Å². The molecule has 10 nitrogen and oxygen atoms in total. The molecular formula is C18H26N4O6. The number of nitrogens with zero attached hydrogens (tertiary/aromatic N) is 3. The van der Waals surface area contributed by atoms with Crippen LogP contribution in [0, 0.1) is 10.1 Å². The first kappa shape index (κ1) is 21.6. The second-order valence-electron chi connectivity index (χ2n) is 6.41. The zero-order chi connectivity index (χ0) is 20.5. The molecule has 1 fully saturated rings. The Morgan fingerprint density at radius 1 is 1.21 bits per heavy atom. The van der Waals surface area contributed by atoms with Gasteiger partial charge in [-0.25, -0.2) is 0 Å². The van der Waals surface area contributed by atoms with Crippen molar-refractivity contribution in [3.05, 3.63) is 33.9 Å². The molecule has 0 saturated carbocycles. The minimum atomic E-state index is -0.542. The summed E-state index contributed by atoms with van der Waals surface area (Å²) in [4.78, 5) is 38.8. The van der Waals surface area contributed by atoms with Crippen LogP contribution in [0.15, 0.2) is 18.2 Å². The fourth-order valence-corrected chi connectivity index (χ4v) is 2.96. The number of ether oxygens (including phenoxy) is 2. The van der Waals surface area contributed by atoms with Crippen molar-refractivity contribution in [2.24, 2.45) is 0 Å². The summed E-state index contributed by atoms with van der Waals surface area (Å²) in [5.41, 5.74) is 0.00830. The average Bonchev–Trinajstić information content (AvgIpc) is 2.70. The Bertz CT molecular complexity index is 703. The molecule has 1 aromatic carbocycles. The number of nitrogens with one attached hydrogen (secondary N) is 1. The van der Waals surface area contributed by atoms with Crippen LogP contribution in [0.4, 0.5) is 5.69 Å². The van der Waals surface area contributed by atoms with Crippen molar-refractivity contribution < 1.29 is 24.0 Å². The van der Waals surface area contributed by atoms with E-state index in [2.05, 4.69) is 5.32 Å². The number of hydrogen-bond acceptors (Lipinski definition) is 7. The predicted molar refractivity (Wildman–Crippen MR) is 101 cm³/mol. The quantitative estimate of drug-likeness (QED) is 0.369. The minimum Gasteiger partial charge on any atom is -0.496 e. The van der Waals surface area contributed by atoms with E-state index >= 15 is 0 Å². The molecule has 1 aliphatic rings. The summed E-state index contributed by atoms with van der Waals surface area (Å²) < 4.78 is 10.1. The molecule has 28 heavy (non-hydrogen) atoms.